The number of rotatable bonds is 3. The van der Waals surface area contributed by atoms with Crippen molar-refractivity contribution in [1.29, 1.82) is 0 Å². The average Bonchev–Trinajstić information content (AvgIpc) is 3.15. The van der Waals surface area contributed by atoms with Gasteiger partial charge in [0.25, 0.3) is 5.91 Å². The molecule has 120 valence electrons. The Bertz CT molecular complexity index is 757. The van der Waals surface area contributed by atoms with E-state index in [-0.39, 0.29) is 11.6 Å². The molecule has 2 heterocycles. The van der Waals surface area contributed by atoms with E-state index in [2.05, 4.69) is 11.6 Å². The summed E-state index contributed by atoms with van der Waals surface area (Å²) in [6.07, 6.45) is 3.33. The first-order chi connectivity index (χ1) is 10.9. The molecule has 2 amide bonds. The number of fused-ring (bicyclic) bond motifs is 1. The van der Waals surface area contributed by atoms with Crippen LogP contribution in [0.5, 0.6) is 0 Å². The first-order valence-corrected chi connectivity index (χ1v) is 7.09. The summed E-state index contributed by atoms with van der Waals surface area (Å²) in [7, 11) is 0. The first-order valence-electron chi connectivity index (χ1n) is 6.71. The van der Waals surface area contributed by atoms with Crippen LogP contribution >= 0.6 is 11.6 Å². The molecule has 0 bridgehead atoms. The molecule has 0 atom stereocenters. The van der Waals surface area contributed by atoms with Crippen molar-refractivity contribution >= 4 is 34.8 Å². The molecule has 23 heavy (non-hydrogen) atoms. The van der Waals surface area contributed by atoms with Crippen molar-refractivity contribution in [1.82, 2.24) is 0 Å². The molecule has 2 aromatic rings. The second-order valence-electron chi connectivity index (χ2n) is 5.01. The topological polar surface area (TPSA) is 62.6 Å². The van der Waals surface area contributed by atoms with Crippen LogP contribution in [0.25, 0.3) is 0 Å². The van der Waals surface area contributed by atoms with Crippen LogP contribution in [0.1, 0.15) is 15.9 Å². The van der Waals surface area contributed by atoms with Crippen molar-refractivity contribution < 1.29 is 22.8 Å². The van der Waals surface area contributed by atoms with Crippen LogP contribution in [-0.4, -0.2) is 23.7 Å². The zero-order chi connectivity index (χ0) is 16.6. The Balaban J connectivity index is 1.81. The van der Waals surface area contributed by atoms with Gasteiger partial charge in [-0.05, 0) is 47.9 Å². The largest absolute Gasteiger partial charge is 0.472 e. The van der Waals surface area contributed by atoms with Crippen molar-refractivity contribution in [3.05, 3.63) is 47.9 Å². The number of hydrogen-bond donors (Lipinski definition) is 1. The highest BCUT2D eigenvalue weighted by molar-refractivity contribution is 6.33. The van der Waals surface area contributed by atoms with Crippen molar-refractivity contribution in [3.8, 4) is 0 Å². The number of carbonyl (C=O) groups is 2. The summed E-state index contributed by atoms with van der Waals surface area (Å²) in [4.78, 5) is 25.1. The van der Waals surface area contributed by atoms with E-state index in [9.17, 15) is 18.4 Å². The Morgan fingerprint density at radius 2 is 2.09 bits per heavy atom. The highest BCUT2D eigenvalue weighted by Crippen LogP contribution is 2.32. The third-order valence-corrected chi connectivity index (χ3v) is 3.68. The van der Waals surface area contributed by atoms with E-state index < -0.39 is 11.3 Å². The molecular formula is C15H11ClF2N2O3. The highest BCUT2D eigenvalue weighted by atomic mass is 35.5. The van der Waals surface area contributed by atoms with E-state index in [1.165, 1.54) is 18.6 Å². The minimum atomic E-state index is -3.97. The molecule has 0 unspecified atom stereocenters. The molecule has 0 spiro atoms. The number of furan rings is 1. The Kier molecular flexibility index (Phi) is 3.81. The quantitative estimate of drug-likeness (QED) is 0.872. The Morgan fingerprint density at radius 3 is 2.74 bits per heavy atom. The third kappa shape index (κ3) is 3.05. The summed E-state index contributed by atoms with van der Waals surface area (Å²) in [5.41, 5.74) is 2.08. The molecule has 1 aliphatic heterocycles. The minimum Gasteiger partial charge on any atom is -0.472 e. The number of alkyl halides is 3. The van der Waals surface area contributed by atoms with Gasteiger partial charge in [-0.2, -0.15) is 8.78 Å². The molecule has 1 aromatic carbocycles. The first kappa shape index (κ1) is 15.5. The van der Waals surface area contributed by atoms with Gasteiger partial charge in [0.2, 0.25) is 0 Å². The van der Waals surface area contributed by atoms with Crippen LogP contribution in [0.4, 0.5) is 20.2 Å². The SMILES string of the molecule is O=C(c1ccoc1)N1CCc2cc(NC(=O)C(F)(F)Cl)ccc21. The number of benzene rings is 1. The number of halogens is 3. The van der Waals surface area contributed by atoms with Crippen LogP contribution in [-0.2, 0) is 11.2 Å². The molecule has 1 aromatic heterocycles. The molecule has 0 radical (unpaired) electrons. The van der Waals surface area contributed by atoms with Crippen LogP contribution in [0, 0.1) is 0 Å². The number of anilines is 2. The molecule has 0 saturated heterocycles. The maximum Gasteiger partial charge on any atom is 0.400 e. The zero-order valence-corrected chi connectivity index (χ0v) is 12.4. The lowest BCUT2D eigenvalue weighted by Crippen LogP contribution is -2.29. The highest BCUT2D eigenvalue weighted by Gasteiger charge is 2.36. The smallest absolute Gasteiger partial charge is 0.400 e. The van der Waals surface area contributed by atoms with Crippen LogP contribution in [0.15, 0.2) is 41.2 Å². The molecular weight excluding hydrogens is 330 g/mol. The van der Waals surface area contributed by atoms with Gasteiger partial charge in [-0.3, -0.25) is 9.59 Å². The predicted octanol–water partition coefficient (Wildman–Crippen LogP) is 3.25. The molecule has 1 aliphatic rings. The molecule has 3 rings (SSSR count). The maximum absolute atomic E-state index is 12.7. The molecule has 5 nitrogen and oxygen atoms in total. The van der Waals surface area contributed by atoms with Gasteiger partial charge >= 0.3 is 11.3 Å². The molecule has 8 heteroatoms. The van der Waals surface area contributed by atoms with Gasteiger partial charge < -0.3 is 14.6 Å². The number of hydrogen-bond acceptors (Lipinski definition) is 3. The van der Waals surface area contributed by atoms with E-state index in [1.54, 1.807) is 23.1 Å². The van der Waals surface area contributed by atoms with Crippen LogP contribution in [0.3, 0.4) is 0 Å². The fourth-order valence-corrected chi connectivity index (χ4v) is 2.48. The van der Waals surface area contributed by atoms with E-state index in [0.717, 1.165) is 5.56 Å². The van der Waals surface area contributed by atoms with Crippen LogP contribution < -0.4 is 10.2 Å². The third-order valence-electron chi connectivity index (χ3n) is 3.50. The molecule has 1 N–H and O–H groups in total. The lowest BCUT2D eigenvalue weighted by molar-refractivity contribution is -0.130. The summed E-state index contributed by atoms with van der Waals surface area (Å²) in [5.74, 6) is -1.80. The van der Waals surface area contributed by atoms with Crippen molar-refractivity contribution in [3.63, 3.8) is 0 Å². The van der Waals surface area contributed by atoms with Gasteiger partial charge in [0.15, 0.2) is 0 Å². The van der Waals surface area contributed by atoms with Gasteiger partial charge in [0.05, 0.1) is 11.8 Å². The Labute approximate surface area is 134 Å². The number of carbonyl (C=O) groups excluding carboxylic acids is 2. The second-order valence-corrected chi connectivity index (χ2v) is 5.49. The van der Waals surface area contributed by atoms with Crippen LogP contribution in [0.2, 0.25) is 0 Å². The molecule has 0 fully saturated rings. The molecule has 0 saturated carbocycles. The van der Waals surface area contributed by atoms with Gasteiger partial charge in [-0.25, -0.2) is 0 Å². The van der Waals surface area contributed by atoms with E-state index in [0.29, 0.717) is 24.2 Å². The minimum absolute atomic E-state index is 0.201. The monoisotopic (exact) mass is 340 g/mol. The average molecular weight is 341 g/mol. The molecule has 0 aliphatic carbocycles. The Hall–Kier alpha value is -2.41. The summed E-state index contributed by atoms with van der Waals surface area (Å²) < 4.78 is 30.3. The summed E-state index contributed by atoms with van der Waals surface area (Å²) in [6, 6.07) is 6.17. The fourth-order valence-electron chi connectivity index (χ4n) is 2.43. The van der Waals surface area contributed by atoms with Crippen molar-refractivity contribution in [2.45, 2.75) is 11.8 Å². The predicted molar refractivity (Wildman–Crippen MR) is 80.0 cm³/mol. The van der Waals surface area contributed by atoms with Gasteiger partial charge in [0, 0.05) is 17.9 Å². The normalized spacial score (nSPS) is 13.8. The van der Waals surface area contributed by atoms with Gasteiger partial charge in [0.1, 0.15) is 6.26 Å². The van der Waals surface area contributed by atoms with E-state index in [4.69, 9.17) is 4.42 Å². The lowest BCUT2D eigenvalue weighted by Gasteiger charge is -2.17. The van der Waals surface area contributed by atoms with Crippen molar-refractivity contribution in [2.75, 3.05) is 16.8 Å². The summed E-state index contributed by atoms with van der Waals surface area (Å²) in [5, 5.41) is -1.93. The number of nitrogens with zero attached hydrogens (tertiary/aromatic N) is 1. The summed E-state index contributed by atoms with van der Waals surface area (Å²) >= 11 is 4.67. The standard InChI is InChI=1S/C15H11ClF2N2O3/c16-15(17,18)14(22)19-11-1-2-12-9(7-11)3-5-20(12)13(21)10-4-6-23-8-10/h1-2,4,6-8H,3,5H2,(H,19,22). The maximum atomic E-state index is 12.7. The number of amides is 2. The number of nitrogens with one attached hydrogen (secondary N) is 1. The Morgan fingerprint density at radius 1 is 1.30 bits per heavy atom. The zero-order valence-electron chi connectivity index (χ0n) is 11.7. The van der Waals surface area contributed by atoms with Crippen molar-refractivity contribution in [2.24, 2.45) is 0 Å². The fraction of sp³-hybridized carbons (Fsp3) is 0.200. The van der Waals surface area contributed by atoms with Gasteiger partial charge in [-0.1, -0.05) is 0 Å². The second kappa shape index (κ2) is 5.66. The van der Waals surface area contributed by atoms with E-state index in [1.807, 2.05) is 5.32 Å². The van der Waals surface area contributed by atoms with E-state index >= 15 is 0 Å². The summed E-state index contributed by atoms with van der Waals surface area (Å²) in [6.45, 7) is 0.461. The van der Waals surface area contributed by atoms with Gasteiger partial charge in [-0.15, -0.1) is 0 Å². The lowest BCUT2D eigenvalue weighted by atomic mass is 10.1.